The highest BCUT2D eigenvalue weighted by Gasteiger charge is 1.91. The van der Waals surface area contributed by atoms with Gasteiger partial charge in [0, 0.05) is 0 Å². The lowest BCUT2D eigenvalue weighted by Crippen LogP contribution is -1.99. The van der Waals surface area contributed by atoms with Crippen LogP contribution in [0.15, 0.2) is 0 Å². The highest BCUT2D eigenvalue weighted by Crippen LogP contribution is 2.09. The Hall–Kier alpha value is 0.400. The molecule has 0 aliphatic heterocycles. The van der Waals surface area contributed by atoms with Gasteiger partial charge in [0.15, 0.2) is 0 Å². The zero-order chi connectivity index (χ0) is 13.4. The fourth-order valence-corrected chi connectivity index (χ4v) is 1.63. The van der Waals surface area contributed by atoms with Crippen molar-refractivity contribution in [1.82, 2.24) is 4.90 Å². The monoisotopic (exact) mass is 324 g/mol. The summed E-state index contributed by atoms with van der Waals surface area (Å²) in [7, 11) is 6.00. The lowest BCUT2D eigenvalue weighted by molar-refractivity contribution is 0.505. The first-order chi connectivity index (χ1) is 8.15. The highest BCUT2D eigenvalue weighted by atomic mass is 79.9. The molecule has 0 aromatic rings. The van der Waals surface area contributed by atoms with Gasteiger partial charge in [-0.1, -0.05) is 64.7 Å². The minimum absolute atomic E-state index is 0. The predicted molar refractivity (Wildman–Crippen MR) is 90.8 cm³/mol. The molecule has 2 nitrogen and oxygen atoms in total. The molecule has 0 radical (unpaired) electrons. The van der Waals surface area contributed by atoms with Gasteiger partial charge in [0.2, 0.25) is 0 Å². The molecule has 0 saturated carbocycles. The van der Waals surface area contributed by atoms with Crippen molar-refractivity contribution in [3.05, 3.63) is 0 Å². The largest absolute Gasteiger partial charge is 0.330 e. The van der Waals surface area contributed by atoms with Crippen LogP contribution in [0.5, 0.6) is 0 Å². The van der Waals surface area contributed by atoms with Crippen molar-refractivity contribution >= 4 is 17.0 Å². The smallest absolute Gasteiger partial charge is 0.00773 e. The van der Waals surface area contributed by atoms with E-state index in [0.717, 1.165) is 6.54 Å². The van der Waals surface area contributed by atoms with Crippen molar-refractivity contribution in [2.45, 2.75) is 71.1 Å². The second-order valence-electron chi connectivity index (χ2n) is 5.31. The number of nitrogens with zero attached hydrogens (tertiary/aromatic N) is 1. The summed E-state index contributed by atoms with van der Waals surface area (Å²) in [5.74, 6) is 0. The molecule has 18 heavy (non-hydrogen) atoms. The van der Waals surface area contributed by atoms with Gasteiger partial charge in [-0.3, -0.25) is 0 Å². The highest BCUT2D eigenvalue weighted by molar-refractivity contribution is 8.93. The van der Waals surface area contributed by atoms with E-state index >= 15 is 0 Å². The lowest BCUT2D eigenvalue weighted by atomic mass is 10.1. The number of unbranched alkanes of at least 4 members (excludes halogenated alkanes) is 9. The van der Waals surface area contributed by atoms with Crippen molar-refractivity contribution in [3.63, 3.8) is 0 Å². The Morgan fingerprint density at radius 1 is 0.667 bits per heavy atom. The van der Waals surface area contributed by atoms with Crippen LogP contribution < -0.4 is 5.73 Å². The predicted octanol–water partition coefficient (Wildman–Crippen LogP) is 4.62. The van der Waals surface area contributed by atoms with E-state index in [4.69, 9.17) is 5.73 Å². The lowest BCUT2D eigenvalue weighted by Gasteiger charge is -2.00. The van der Waals surface area contributed by atoms with Crippen LogP contribution in [0.2, 0.25) is 0 Å². The van der Waals surface area contributed by atoms with E-state index in [0.29, 0.717) is 0 Å². The average molecular weight is 325 g/mol. The van der Waals surface area contributed by atoms with Crippen LogP contribution in [0.1, 0.15) is 71.1 Å². The van der Waals surface area contributed by atoms with Gasteiger partial charge in [0.25, 0.3) is 0 Å². The topological polar surface area (TPSA) is 29.3 Å². The number of hydrogen-bond acceptors (Lipinski definition) is 2. The zero-order valence-corrected chi connectivity index (χ0v) is 14.9. The van der Waals surface area contributed by atoms with E-state index in [-0.39, 0.29) is 17.0 Å². The van der Waals surface area contributed by atoms with Crippen LogP contribution in [-0.2, 0) is 0 Å². The summed E-state index contributed by atoms with van der Waals surface area (Å²) < 4.78 is 0. The summed E-state index contributed by atoms with van der Waals surface area (Å²) in [6.45, 7) is 3.14. The standard InChI is InChI=1S/C12H27N.C3H9N.BrH/c1-2-3-4-5-6-7-8-9-10-11-12-13;1-4(2)3;/h2-13H2,1H3;1-3H3;1H. The Bertz CT molecular complexity index is 106. The summed E-state index contributed by atoms with van der Waals surface area (Å²) in [6, 6.07) is 0. The summed E-state index contributed by atoms with van der Waals surface area (Å²) in [6.07, 6.45) is 13.9. The third kappa shape index (κ3) is 36.0. The van der Waals surface area contributed by atoms with Gasteiger partial charge in [-0.25, -0.2) is 0 Å². The van der Waals surface area contributed by atoms with E-state index in [1.807, 2.05) is 26.0 Å². The molecule has 0 amide bonds. The first kappa shape index (κ1) is 23.5. The van der Waals surface area contributed by atoms with Gasteiger partial charge in [-0.15, -0.1) is 17.0 Å². The van der Waals surface area contributed by atoms with E-state index in [2.05, 4.69) is 6.92 Å². The molecule has 0 heterocycles. The van der Waals surface area contributed by atoms with E-state index in [1.165, 1.54) is 64.2 Å². The molecular weight excluding hydrogens is 288 g/mol. The Labute approximate surface area is 126 Å². The van der Waals surface area contributed by atoms with Crippen LogP contribution in [0.3, 0.4) is 0 Å². The fourth-order valence-electron chi connectivity index (χ4n) is 1.63. The van der Waals surface area contributed by atoms with Crippen LogP contribution in [0.25, 0.3) is 0 Å². The third-order valence-electron chi connectivity index (χ3n) is 2.56. The van der Waals surface area contributed by atoms with Crippen LogP contribution in [-0.4, -0.2) is 32.6 Å². The van der Waals surface area contributed by atoms with Gasteiger partial charge in [-0.2, -0.15) is 0 Å². The van der Waals surface area contributed by atoms with Gasteiger partial charge in [0.1, 0.15) is 0 Å². The summed E-state index contributed by atoms with van der Waals surface area (Å²) >= 11 is 0. The normalized spacial score (nSPS) is 9.67. The first-order valence-corrected chi connectivity index (χ1v) is 7.46. The maximum Gasteiger partial charge on any atom is -0.00773 e. The van der Waals surface area contributed by atoms with Gasteiger partial charge >= 0.3 is 0 Å². The summed E-state index contributed by atoms with van der Waals surface area (Å²) in [5.41, 5.74) is 5.42. The number of rotatable bonds is 10. The Balaban J connectivity index is -0.000000392. The first-order valence-electron chi connectivity index (χ1n) is 7.46. The Morgan fingerprint density at radius 2 is 0.944 bits per heavy atom. The second-order valence-corrected chi connectivity index (χ2v) is 5.31. The number of nitrogens with two attached hydrogens (primary N) is 1. The number of hydrogen-bond donors (Lipinski definition) is 1. The van der Waals surface area contributed by atoms with Crippen molar-refractivity contribution in [1.29, 1.82) is 0 Å². The quantitative estimate of drug-likeness (QED) is 0.594. The molecule has 0 aromatic heterocycles. The average Bonchev–Trinajstić information content (AvgIpc) is 2.26. The van der Waals surface area contributed by atoms with Crippen LogP contribution in [0.4, 0.5) is 0 Å². The molecule has 0 bridgehead atoms. The van der Waals surface area contributed by atoms with Crippen molar-refractivity contribution in [2.75, 3.05) is 27.7 Å². The zero-order valence-electron chi connectivity index (χ0n) is 13.2. The second kappa shape index (κ2) is 22.6. The molecular formula is C15H37BrN2. The molecule has 114 valence electrons. The van der Waals surface area contributed by atoms with E-state index in [9.17, 15) is 0 Å². The fraction of sp³-hybridized carbons (Fsp3) is 1.00. The number of halogens is 1. The van der Waals surface area contributed by atoms with E-state index < -0.39 is 0 Å². The van der Waals surface area contributed by atoms with Crippen molar-refractivity contribution in [2.24, 2.45) is 5.73 Å². The van der Waals surface area contributed by atoms with Gasteiger partial charge in [0.05, 0.1) is 0 Å². The summed E-state index contributed by atoms with van der Waals surface area (Å²) in [4.78, 5) is 2.00. The molecule has 0 rings (SSSR count). The summed E-state index contributed by atoms with van der Waals surface area (Å²) in [5, 5.41) is 0. The molecule has 0 saturated heterocycles. The molecule has 0 aromatic carbocycles. The molecule has 3 heteroatoms. The third-order valence-corrected chi connectivity index (χ3v) is 2.56. The Morgan fingerprint density at radius 3 is 1.22 bits per heavy atom. The van der Waals surface area contributed by atoms with Crippen LogP contribution in [0, 0.1) is 0 Å². The molecule has 0 spiro atoms. The maximum atomic E-state index is 5.42. The van der Waals surface area contributed by atoms with Gasteiger partial charge in [-0.05, 0) is 34.1 Å². The molecule has 0 atom stereocenters. The minimum atomic E-state index is 0. The molecule has 0 aliphatic carbocycles. The molecule has 0 fully saturated rings. The van der Waals surface area contributed by atoms with E-state index in [1.54, 1.807) is 0 Å². The SMILES string of the molecule is Br.CCCCCCCCCCCCN.CN(C)C. The Kier molecular flexibility index (Phi) is 29.5. The van der Waals surface area contributed by atoms with Crippen molar-refractivity contribution < 1.29 is 0 Å². The molecule has 2 N–H and O–H groups in total. The minimum Gasteiger partial charge on any atom is -0.330 e. The molecule has 0 unspecified atom stereocenters. The maximum absolute atomic E-state index is 5.42. The van der Waals surface area contributed by atoms with Gasteiger partial charge < -0.3 is 10.6 Å². The molecule has 0 aliphatic rings. The van der Waals surface area contributed by atoms with Crippen LogP contribution >= 0.6 is 17.0 Å². The van der Waals surface area contributed by atoms with Crippen molar-refractivity contribution in [3.8, 4) is 0 Å².